The van der Waals surface area contributed by atoms with Crippen molar-refractivity contribution < 1.29 is 9.53 Å². The van der Waals surface area contributed by atoms with Crippen molar-refractivity contribution in [1.82, 2.24) is 5.43 Å². The predicted octanol–water partition coefficient (Wildman–Crippen LogP) is 1.60. The molecular formula is C13H17N3O2. The Bertz CT molecular complexity index is 483. The Balaban J connectivity index is 2.21. The summed E-state index contributed by atoms with van der Waals surface area (Å²) in [6.45, 7) is 2.61. The Labute approximate surface area is 106 Å². The number of hydrazone groups is 1. The zero-order chi connectivity index (χ0) is 13.0. The lowest BCUT2D eigenvalue weighted by molar-refractivity contribution is 0.249. The van der Waals surface area contributed by atoms with Crippen molar-refractivity contribution in [2.75, 3.05) is 6.61 Å². The molecule has 0 bridgehead atoms. The van der Waals surface area contributed by atoms with Gasteiger partial charge in [0.05, 0.1) is 6.61 Å². The fourth-order valence-electron chi connectivity index (χ4n) is 2.14. The standard InChI is InChI=1S/C13H17N3O2/c1-2-18-12-5-3-4-9-6-7-10(8-11(9)12)15-16-13(14)17/h3-5H,2,6-8H2,1H3,(H3,14,16,17). The number of rotatable bonds is 3. The summed E-state index contributed by atoms with van der Waals surface area (Å²) in [5, 5.41) is 4.02. The molecule has 0 aromatic heterocycles. The number of hydrogen-bond acceptors (Lipinski definition) is 3. The number of urea groups is 1. The molecule has 0 heterocycles. The Kier molecular flexibility index (Phi) is 3.82. The molecule has 0 saturated carbocycles. The SMILES string of the molecule is CCOc1cccc2c1CC(=NNC(N)=O)CC2. The maximum Gasteiger partial charge on any atom is 0.332 e. The maximum atomic E-state index is 10.6. The molecule has 0 atom stereocenters. The van der Waals surface area contributed by atoms with Crippen LogP contribution >= 0.6 is 0 Å². The number of ether oxygens (including phenoxy) is 1. The van der Waals surface area contributed by atoms with Gasteiger partial charge in [-0.15, -0.1) is 0 Å². The van der Waals surface area contributed by atoms with Crippen LogP contribution in [-0.4, -0.2) is 18.3 Å². The van der Waals surface area contributed by atoms with E-state index in [0.717, 1.165) is 29.9 Å². The van der Waals surface area contributed by atoms with Crippen molar-refractivity contribution >= 4 is 11.7 Å². The molecule has 0 aliphatic heterocycles. The van der Waals surface area contributed by atoms with Gasteiger partial charge in [0.15, 0.2) is 0 Å². The second-order valence-electron chi connectivity index (χ2n) is 4.16. The van der Waals surface area contributed by atoms with Crippen molar-refractivity contribution in [2.24, 2.45) is 10.8 Å². The van der Waals surface area contributed by atoms with E-state index in [4.69, 9.17) is 10.5 Å². The van der Waals surface area contributed by atoms with Crippen molar-refractivity contribution in [3.8, 4) is 5.75 Å². The molecule has 0 saturated heterocycles. The lowest BCUT2D eigenvalue weighted by Crippen LogP contribution is -2.27. The molecule has 0 fully saturated rings. The quantitative estimate of drug-likeness (QED) is 0.796. The van der Waals surface area contributed by atoms with Crippen molar-refractivity contribution in [3.05, 3.63) is 29.3 Å². The Morgan fingerprint density at radius 3 is 3.06 bits per heavy atom. The summed E-state index contributed by atoms with van der Waals surface area (Å²) >= 11 is 0. The summed E-state index contributed by atoms with van der Waals surface area (Å²) in [7, 11) is 0. The first-order valence-corrected chi connectivity index (χ1v) is 6.05. The zero-order valence-electron chi connectivity index (χ0n) is 10.4. The number of primary amides is 1. The highest BCUT2D eigenvalue weighted by atomic mass is 16.5. The van der Waals surface area contributed by atoms with Crippen LogP contribution in [0.2, 0.25) is 0 Å². The van der Waals surface area contributed by atoms with E-state index in [9.17, 15) is 4.79 Å². The molecule has 5 nitrogen and oxygen atoms in total. The second-order valence-corrected chi connectivity index (χ2v) is 4.16. The van der Waals surface area contributed by atoms with Crippen molar-refractivity contribution in [1.29, 1.82) is 0 Å². The molecule has 0 spiro atoms. The minimum atomic E-state index is -0.633. The molecule has 0 unspecified atom stereocenters. The van der Waals surface area contributed by atoms with Gasteiger partial charge in [-0.25, -0.2) is 10.2 Å². The number of nitrogens with zero attached hydrogens (tertiary/aromatic N) is 1. The molecule has 3 N–H and O–H groups in total. The molecule has 96 valence electrons. The van der Waals surface area contributed by atoms with Gasteiger partial charge in [-0.1, -0.05) is 12.1 Å². The van der Waals surface area contributed by atoms with Gasteiger partial charge in [0, 0.05) is 17.7 Å². The van der Waals surface area contributed by atoms with Gasteiger partial charge < -0.3 is 10.5 Å². The largest absolute Gasteiger partial charge is 0.494 e. The first kappa shape index (κ1) is 12.4. The first-order valence-electron chi connectivity index (χ1n) is 6.05. The molecule has 5 heteroatoms. The second kappa shape index (κ2) is 5.53. The fraction of sp³-hybridized carbons (Fsp3) is 0.385. The number of hydrogen-bond donors (Lipinski definition) is 2. The number of carbonyl (C=O) groups is 1. The fourth-order valence-corrected chi connectivity index (χ4v) is 2.14. The van der Waals surface area contributed by atoms with E-state index in [2.05, 4.69) is 16.6 Å². The summed E-state index contributed by atoms with van der Waals surface area (Å²) in [5.74, 6) is 0.904. The highest BCUT2D eigenvalue weighted by Crippen LogP contribution is 2.28. The lowest BCUT2D eigenvalue weighted by Gasteiger charge is -2.20. The van der Waals surface area contributed by atoms with Gasteiger partial charge in [0.2, 0.25) is 0 Å². The average Bonchev–Trinajstić information content (AvgIpc) is 2.37. The third-order valence-electron chi connectivity index (χ3n) is 2.92. The molecule has 0 radical (unpaired) electrons. The number of nitrogens with one attached hydrogen (secondary N) is 1. The number of amides is 2. The highest BCUT2D eigenvalue weighted by Gasteiger charge is 2.18. The van der Waals surface area contributed by atoms with E-state index >= 15 is 0 Å². The highest BCUT2D eigenvalue weighted by molar-refractivity contribution is 5.90. The van der Waals surface area contributed by atoms with Crippen molar-refractivity contribution in [2.45, 2.75) is 26.2 Å². The topological polar surface area (TPSA) is 76.7 Å². The molecule has 1 aliphatic rings. The van der Waals surface area contributed by atoms with Crippen LogP contribution in [0.1, 0.15) is 24.5 Å². The van der Waals surface area contributed by atoms with Crippen LogP contribution in [0.25, 0.3) is 0 Å². The molecule has 2 rings (SSSR count). The van der Waals surface area contributed by atoms with E-state index in [1.54, 1.807) is 0 Å². The number of aryl methyl sites for hydroxylation is 1. The molecule has 1 aromatic carbocycles. The van der Waals surface area contributed by atoms with Crippen molar-refractivity contribution in [3.63, 3.8) is 0 Å². The molecule has 2 amide bonds. The number of benzene rings is 1. The number of fused-ring (bicyclic) bond motifs is 1. The predicted molar refractivity (Wildman–Crippen MR) is 69.8 cm³/mol. The van der Waals surface area contributed by atoms with E-state index in [1.165, 1.54) is 5.56 Å². The maximum absolute atomic E-state index is 10.6. The van der Waals surface area contributed by atoms with Gasteiger partial charge in [-0.05, 0) is 31.4 Å². The third-order valence-corrected chi connectivity index (χ3v) is 2.92. The van der Waals surface area contributed by atoms with Crippen LogP contribution in [0, 0.1) is 0 Å². The average molecular weight is 247 g/mol. The molecule has 1 aromatic rings. The zero-order valence-corrected chi connectivity index (χ0v) is 10.4. The molecular weight excluding hydrogens is 230 g/mol. The van der Waals surface area contributed by atoms with E-state index in [-0.39, 0.29) is 0 Å². The summed E-state index contributed by atoms with van der Waals surface area (Å²) in [5.41, 5.74) is 10.7. The lowest BCUT2D eigenvalue weighted by atomic mass is 9.90. The normalized spacial score (nSPS) is 16.2. The summed E-state index contributed by atoms with van der Waals surface area (Å²) < 4.78 is 5.61. The molecule has 1 aliphatic carbocycles. The van der Waals surface area contributed by atoms with Crippen LogP contribution in [-0.2, 0) is 12.8 Å². The van der Waals surface area contributed by atoms with E-state index < -0.39 is 6.03 Å². The monoisotopic (exact) mass is 247 g/mol. The summed E-state index contributed by atoms with van der Waals surface area (Å²) in [4.78, 5) is 10.6. The Morgan fingerprint density at radius 2 is 2.33 bits per heavy atom. The van der Waals surface area contributed by atoms with Gasteiger partial charge in [-0.2, -0.15) is 5.10 Å². The minimum Gasteiger partial charge on any atom is -0.494 e. The Morgan fingerprint density at radius 1 is 1.50 bits per heavy atom. The van der Waals surface area contributed by atoms with Gasteiger partial charge >= 0.3 is 6.03 Å². The van der Waals surface area contributed by atoms with Crippen LogP contribution in [0.15, 0.2) is 23.3 Å². The number of nitrogens with two attached hydrogens (primary N) is 1. The van der Waals surface area contributed by atoms with Gasteiger partial charge in [-0.3, -0.25) is 0 Å². The van der Waals surface area contributed by atoms with E-state index in [1.807, 2.05) is 19.1 Å². The van der Waals surface area contributed by atoms with Crippen LogP contribution in [0.3, 0.4) is 0 Å². The minimum absolute atomic E-state index is 0.633. The van der Waals surface area contributed by atoms with Crippen LogP contribution < -0.4 is 15.9 Å². The summed E-state index contributed by atoms with van der Waals surface area (Å²) in [6, 6.07) is 5.45. The van der Waals surface area contributed by atoms with E-state index in [0.29, 0.717) is 13.0 Å². The molecule has 18 heavy (non-hydrogen) atoms. The summed E-state index contributed by atoms with van der Waals surface area (Å²) in [6.07, 6.45) is 2.45. The van der Waals surface area contributed by atoms with Crippen LogP contribution in [0.5, 0.6) is 5.75 Å². The van der Waals surface area contributed by atoms with Crippen LogP contribution in [0.4, 0.5) is 4.79 Å². The van der Waals surface area contributed by atoms with Gasteiger partial charge in [0.25, 0.3) is 0 Å². The Hall–Kier alpha value is -2.04. The number of carbonyl (C=O) groups excluding carboxylic acids is 1. The first-order chi connectivity index (χ1) is 8.70. The third kappa shape index (κ3) is 2.80. The smallest absolute Gasteiger partial charge is 0.332 e. The van der Waals surface area contributed by atoms with Gasteiger partial charge in [0.1, 0.15) is 5.75 Å².